The van der Waals surface area contributed by atoms with E-state index in [1.165, 1.54) is 0 Å². The molecule has 0 saturated heterocycles. The molecular formula is C13H13ITe. The van der Waals surface area contributed by atoms with Crippen LogP contribution in [0.4, 0.5) is 0 Å². The quantitative estimate of drug-likeness (QED) is 0.426. The minimum atomic E-state index is -1.23. The van der Waals surface area contributed by atoms with E-state index in [1.54, 1.807) is 7.22 Å². The molecule has 0 radical (unpaired) electrons. The van der Waals surface area contributed by atoms with Crippen LogP contribution in [-0.2, 0) is 0 Å². The second-order valence-electron chi connectivity index (χ2n) is 3.14. The maximum atomic E-state index is 2.41. The Bertz CT molecular complexity index is 346. The van der Waals surface area contributed by atoms with E-state index >= 15 is 0 Å². The fourth-order valence-corrected chi connectivity index (χ4v) is 5.39. The topological polar surface area (TPSA) is 0 Å². The Morgan fingerprint density at radius 1 is 0.667 bits per heavy atom. The van der Waals surface area contributed by atoms with Crippen LogP contribution in [0, 0.1) is 0 Å². The third kappa shape index (κ3) is 3.48. The molecule has 0 spiro atoms. The van der Waals surface area contributed by atoms with Gasteiger partial charge in [-0.05, 0) is 0 Å². The molecule has 0 aliphatic heterocycles. The molecule has 0 aliphatic rings. The van der Waals surface area contributed by atoms with Crippen molar-refractivity contribution >= 4 is 26.8 Å². The standard InChI is InChI=1S/C13H13Te.HI/c1-14(12-8-4-2-5-9-12)13-10-6-3-7-11-13;/h2-11H,1H3;1H/q+1;/p-1. The van der Waals surface area contributed by atoms with Crippen LogP contribution in [0.1, 0.15) is 0 Å². The molecular weight excluding hydrogens is 411 g/mol. The minimum absolute atomic E-state index is 0. The van der Waals surface area contributed by atoms with Crippen LogP contribution >= 0.6 is 0 Å². The molecule has 0 aromatic heterocycles. The molecule has 0 amide bonds. The molecule has 78 valence electrons. The van der Waals surface area contributed by atoms with Gasteiger partial charge in [0, 0.05) is 0 Å². The first-order valence-corrected chi connectivity index (χ1v) is 9.30. The van der Waals surface area contributed by atoms with Crippen molar-refractivity contribution in [2.75, 3.05) is 0 Å². The molecule has 0 atom stereocenters. The van der Waals surface area contributed by atoms with Gasteiger partial charge in [0.2, 0.25) is 0 Å². The van der Waals surface area contributed by atoms with Crippen molar-refractivity contribution < 1.29 is 24.0 Å². The van der Waals surface area contributed by atoms with Crippen LogP contribution in [0.15, 0.2) is 60.7 Å². The Morgan fingerprint density at radius 3 is 1.33 bits per heavy atom. The van der Waals surface area contributed by atoms with Crippen molar-refractivity contribution in [2.45, 2.75) is 4.97 Å². The predicted octanol–water partition coefficient (Wildman–Crippen LogP) is -1.07. The van der Waals surface area contributed by atoms with Gasteiger partial charge >= 0.3 is 92.4 Å². The van der Waals surface area contributed by atoms with E-state index < -0.39 is 19.6 Å². The third-order valence-electron chi connectivity index (χ3n) is 2.19. The van der Waals surface area contributed by atoms with Crippen molar-refractivity contribution in [3.8, 4) is 0 Å². The van der Waals surface area contributed by atoms with E-state index in [2.05, 4.69) is 65.6 Å². The van der Waals surface area contributed by atoms with Crippen molar-refractivity contribution in [1.29, 1.82) is 0 Å². The molecule has 2 rings (SSSR count). The van der Waals surface area contributed by atoms with E-state index in [0.29, 0.717) is 0 Å². The van der Waals surface area contributed by atoms with E-state index in [9.17, 15) is 0 Å². The van der Waals surface area contributed by atoms with E-state index in [0.717, 1.165) is 0 Å². The van der Waals surface area contributed by atoms with Crippen molar-refractivity contribution in [3.63, 3.8) is 0 Å². The van der Waals surface area contributed by atoms with Crippen molar-refractivity contribution in [3.05, 3.63) is 60.7 Å². The van der Waals surface area contributed by atoms with Crippen LogP contribution in [0.3, 0.4) is 0 Å². The van der Waals surface area contributed by atoms with Crippen molar-refractivity contribution in [1.82, 2.24) is 0 Å². The molecule has 2 aromatic carbocycles. The van der Waals surface area contributed by atoms with Gasteiger partial charge in [0.25, 0.3) is 0 Å². The molecule has 0 fully saturated rings. The van der Waals surface area contributed by atoms with Gasteiger partial charge in [-0.1, -0.05) is 0 Å². The van der Waals surface area contributed by atoms with Gasteiger partial charge in [0.1, 0.15) is 0 Å². The number of benzene rings is 2. The smallest absolute Gasteiger partial charge is 1.00 e. The second-order valence-corrected chi connectivity index (χ2v) is 8.74. The number of hydrogen-bond acceptors (Lipinski definition) is 0. The van der Waals surface area contributed by atoms with Gasteiger partial charge in [-0.15, -0.1) is 0 Å². The maximum absolute atomic E-state index is 2.41. The Balaban J connectivity index is 0.00000112. The summed E-state index contributed by atoms with van der Waals surface area (Å²) in [5, 5.41) is 0. The molecule has 0 nitrogen and oxygen atoms in total. The zero-order chi connectivity index (χ0) is 9.80. The first-order valence-electron chi connectivity index (χ1n) is 4.64. The first-order chi connectivity index (χ1) is 6.88. The van der Waals surface area contributed by atoms with Gasteiger partial charge in [-0.25, -0.2) is 0 Å². The summed E-state index contributed by atoms with van der Waals surface area (Å²) in [7, 11) is 0. The fourth-order valence-electron chi connectivity index (χ4n) is 1.39. The van der Waals surface area contributed by atoms with Gasteiger partial charge < -0.3 is 24.0 Å². The number of halogens is 1. The van der Waals surface area contributed by atoms with E-state index in [-0.39, 0.29) is 24.0 Å². The minimum Gasteiger partial charge on any atom is -1.00 e. The average molecular weight is 424 g/mol. The van der Waals surface area contributed by atoms with Crippen LogP contribution in [0.2, 0.25) is 4.97 Å². The summed E-state index contributed by atoms with van der Waals surface area (Å²) in [6, 6.07) is 21.7. The molecule has 0 aliphatic carbocycles. The summed E-state index contributed by atoms with van der Waals surface area (Å²) in [6.07, 6.45) is 0. The molecule has 15 heavy (non-hydrogen) atoms. The van der Waals surface area contributed by atoms with E-state index in [1.807, 2.05) is 0 Å². The normalized spacial score (nSPS) is 9.73. The monoisotopic (exact) mass is 426 g/mol. The van der Waals surface area contributed by atoms with E-state index in [4.69, 9.17) is 0 Å². The molecule has 2 aromatic rings. The molecule has 0 bridgehead atoms. The predicted molar refractivity (Wildman–Crippen MR) is 63.8 cm³/mol. The van der Waals surface area contributed by atoms with Crippen LogP contribution in [0.5, 0.6) is 0 Å². The summed E-state index contributed by atoms with van der Waals surface area (Å²) >= 11 is -1.23. The summed E-state index contributed by atoms with van der Waals surface area (Å²) in [6.45, 7) is 0. The second kappa shape index (κ2) is 6.52. The number of hydrogen-bond donors (Lipinski definition) is 0. The van der Waals surface area contributed by atoms with Gasteiger partial charge in [0.15, 0.2) is 0 Å². The van der Waals surface area contributed by atoms with Crippen LogP contribution < -0.4 is 31.2 Å². The number of rotatable bonds is 2. The van der Waals surface area contributed by atoms with Gasteiger partial charge in [-0.2, -0.15) is 0 Å². The largest absolute Gasteiger partial charge is 1.00 e. The molecule has 2 heteroatoms. The average Bonchev–Trinajstić information content (AvgIpc) is 2.30. The van der Waals surface area contributed by atoms with Gasteiger partial charge in [-0.3, -0.25) is 0 Å². The van der Waals surface area contributed by atoms with Gasteiger partial charge in [0.05, 0.1) is 0 Å². The van der Waals surface area contributed by atoms with Crippen LogP contribution in [-0.4, -0.2) is 19.6 Å². The zero-order valence-corrected chi connectivity index (χ0v) is 13.0. The molecule has 0 unspecified atom stereocenters. The maximum Gasteiger partial charge on any atom is -1.00 e. The molecule has 0 saturated carbocycles. The third-order valence-corrected chi connectivity index (χ3v) is 7.78. The molecule has 0 N–H and O–H groups in total. The zero-order valence-electron chi connectivity index (χ0n) is 8.56. The SMILES string of the molecule is C[Te+](c1ccccc1)c1ccccc1.[I-]. The van der Waals surface area contributed by atoms with Crippen molar-refractivity contribution in [2.24, 2.45) is 0 Å². The first kappa shape index (κ1) is 13.0. The Morgan fingerprint density at radius 2 is 1.00 bits per heavy atom. The Kier molecular flexibility index (Phi) is 5.66. The molecule has 0 heterocycles. The fraction of sp³-hybridized carbons (Fsp3) is 0.0769. The summed E-state index contributed by atoms with van der Waals surface area (Å²) in [5.74, 6) is 0. The van der Waals surface area contributed by atoms with Crippen LogP contribution in [0.25, 0.3) is 0 Å². The Labute approximate surface area is 115 Å². The summed E-state index contributed by atoms with van der Waals surface area (Å²) in [4.78, 5) is 2.41. The Hall–Kier alpha value is -0.0404. The summed E-state index contributed by atoms with van der Waals surface area (Å²) in [5.41, 5.74) is 0. The summed E-state index contributed by atoms with van der Waals surface area (Å²) < 4.78 is 3.09.